The van der Waals surface area contributed by atoms with Crippen LogP contribution in [0.25, 0.3) is 0 Å². The number of rotatable bonds is 5. The van der Waals surface area contributed by atoms with Gasteiger partial charge in [-0.3, -0.25) is 9.79 Å². The summed E-state index contributed by atoms with van der Waals surface area (Å²) in [6, 6.07) is 0. The molecule has 0 rings (SSSR count). The zero-order valence-electron chi connectivity index (χ0n) is 8.60. The van der Waals surface area contributed by atoms with Gasteiger partial charge in [0.2, 0.25) is 5.91 Å². The predicted octanol–water partition coefficient (Wildman–Crippen LogP) is 1.97. The van der Waals surface area contributed by atoms with Crippen LogP contribution in [0, 0.1) is 0 Å². The topological polar surface area (TPSA) is 55.4 Å². The average molecular weight is 192 g/mol. The lowest BCUT2D eigenvalue weighted by Gasteiger charge is -1.85. The minimum atomic E-state index is -0.443. The van der Waals surface area contributed by atoms with E-state index < -0.39 is 5.91 Å². The van der Waals surface area contributed by atoms with Crippen molar-refractivity contribution in [3.05, 3.63) is 36.1 Å². The van der Waals surface area contributed by atoms with Crippen LogP contribution in [0.1, 0.15) is 20.3 Å². The average Bonchev–Trinajstić information content (AvgIpc) is 2.12. The molecule has 0 aliphatic heterocycles. The van der Waals surface area contributed by atoms with Crippen molar-refractivity contribution >= 4 is 12.1 Å². The van der Waals surface area contributed by atoms with E-state index >= 15 is 0 Å². The normalized spacial score (nSPS) is 13.4. The third kappa shape index (κ3) is 8.46. The molecule has 3 nitrogen and oxygen atoms in total. The first-order chi connectivity index (χ1) is 6.66. The second-order valence-electron chi connectivity index (χ2n) is 2.73. The number of nitrogens with zero attached hydrogens (tertiary/aromatic N) is 1. The van der Waals surface area contributed by atoms with Gasteiger partial charge in [0.1, 0.15) is 0 Å². The minimum Gasteiger partial charge on any atom is -0.366 e. The Morgan fingerprint density at radius 2 is 2.14 bits per heavy atom. The molecule has 0 unspecified atom stereocenters. The first kappa shape index (κ1) is 12.4. The first-order valence-corrected chi connectivity index (χ1v) is 4.49. The Morgan fingerprint density at radius 1 is 1.43 bits per heavy atom. The molecule has 0 aliphatic carbocycles. The maximum atomic E-state index is 10.3. The van der Waals surface area contributed by atoms with E-state index in [0.29, 0.717) is 0 Å². The van der Waals surface area contributed by atoms with Crippen LogP contribution in [0.5, 0.6) is 0 Å². The van der Waals surface area contributed by atoms with Crippen molar-refractivity contribution in [1.82, 2.24) is 0 Å². The summed E-state index contributed by atoms with van der Waals surface area (Å²) < 4.78 is 0. The lowest BCUT2D eigenvalue weighted by Crippen LogP contribution is -2.04. The molecule has 0 aliphatic rings. The molecule has 2 N–H and O–H groups in total. The molecule has 0 spiro atoms. The van der Waals surface area contributed by atoms with Crippen LogP contribution in [0.3, 0.4) is 0 Å². The maximum Gasteiger partial charge on any atom is 0.241 e. The molecule has 76 valence electrons. The highest BCUT2D eigenvalue weighted by Gasteiger charge is 1.80. The Labute approximate surface area is 84.7 Å². The number of carbonyl (C=O) groups is 1. The number of primary amides is 1. The number of allylic oxidation sites excluding steroid dienone is 4. The van der Waals surface area contributed by atoms with Gasteiger partial charge in [0, 0.05) is 18.5 Å². The summed E-state index contributed by atoms with van der Waals surface area (Å²) in [5, 5.41) is 0. The van der Waals surface area contributed by atoms with E-state index in [2.05, 4.69) is 4.99 Å². The van der Waals surface area contributed by atoms with Crippen molar-refractivity contribution in [3.63, 3.8) is 0 Å². The highest BCUT2D eigenvalue weighted by Crippen LogP contribution is 1.95. The molecule has 0 heterocycles. The van der Waals surface area contributed by atoms with Crippen LogP contribution in [0.2, 0.25) is 0 Å². The summed E-state index contributed by atoms with van der Waals surface area (Å²) in [6.45, 7) is 3.94. The van der Waals surface area contributed by atoms with Gasteiger partial charge in [0.15, 0.2) is 0 Å². The van der Waals surface area contributed by atoms with Crippen molar-refractivity contribution in [1.29, 1.82) is 0 Å². The number of hydrogen-bond donors (Lipinski definition) is 1. The Bertz CT molecular complexity index is 286. The van der Waals surface area contributed by atoms with Crippen LogP contribution >= 0.6 is 0 Å². The fourth-order valence-electron chi connectivity index (χ4n) is 0.677. The van der Waals surface area contributed by atoms with E-state index in [1.165, 1.54) is 6.08 Å². The smallest absolute Gasteiger partial charge is 0.241 e. The van der Waals surface area contributed by atoms with Gasteiger partial charge in [-0.25, -0.2) is 0 Å². The molecule has 0 aromatic heterocycles. The fraction of sp³-hybridized carbons (Fsp3) is 0.273. The number of nitrogens with two attached hydrogens (primary N) is 1. The second-order valence-corrected chi connectivity index (χ2v) is 2.73. The number of carbonyl (C=O) groups excluding carboxylic acids is 1. The summed E-state index contributed by atoms with van der Waals surface area (Å²) in [6.07, 6.45) is 11.0. The maximum absolute atomic E-state index is 10.3. The molecule has 1 amide bonds. The van der Waals surface area contributed by atoms with Crippen LogP contribution in [-0.4, -0.2) is 12.1 Å². The monoisotopic (exact) mass is 192 g/mol. The highest BCUT2D eigenvalue weighted by molar-refractivity contribution is 5.86. The van der Waals surface area contributed by atoms with Gasteiger partial charge in [-0.1, -0.05) is 19.1 Å². The van der Waals surface area contributed by atoms with Crippen molar-refractivity contribution in [2.75, 3.05) is 0 Å². The van der Waals surface area contributed by atoms with Gasteiger partial charge in [-0.15, -0.1) is 0 Å². The van der Waals surface area contributed by atoms with Gasteiger partial charge in [0.25, 0.3) is 0 Å². The summed E-state index contributed by atoms with van der Waals surface area (Å²) in [5.41, 5.74) is 5.93. The molecule has 0 radical (unpaired) electrons. The third-order valence-corrected chi connectivity index (χ3v) is 1.33. The summed E-state index contributed by atoms with van der Waals surface area (Å²) in [7, 11) is 0. The highest BCUT2D eigenvalue weighted by atomic mass is 16.1. The molecule has 0 fully saturated rings. The molecule has 0 saturated carbocycles. The Kier molecular flexibility index (Phi) is 7.05. The SMILES string of the molecule is CC\C=N/C=C\C(C)=C\C=C\C(N)=O. The van der Waals surface area contributed by atoms with E-state index in [4.69, 9.17) is 5.73 Å². The van der Waals surface area contributed by atoms with Crippen molar-refractivity contribution in [3.8, 4) is 0 Å². The number of aliphatic imine (C=N–C) groups is 1. The van der Waals surface area contributed by atoms with Crippen LogP contribution < -0.4 is 5.73 Å². The van der Waals surface area contributed by atoms with Gasteiger partial charge in [-0.05, 0) is 25.0 Å². The lowest BCUT2D eigenvalue weighted by molar-refractivity contribution is -0.113. The van der Waals surface area contributed by atoms with Crippen molar-refractivity contribution in [2.24, 2.45) is 10.7 Å². The standard InChI is InChI=1S/C11H16N2O/c1-3-8-13-9-7-10(2)5-4-6-11(12)14/h4-9H,3H2,1-2H3,(H2,12,14)/b6-4+,9-7-,10-5+,13-8-. The molecule has 3 heteroatoms. The molecule has 0 bridgehead atoms. The lowest BCUT2D eigenvalue weighted by atomic mass is 10.2. The second kappa shape index (κ2) is 7.98. The minimum absolute atomic E-state index is 0.443. The quantitative estimate of drug-likeness (QED) is 0.404. The van der Waals surface area contributed by atoms with Crippen molar-refractivity contribution < 1.29 is 4.79 Å². The van der Waals surface area contributed by atoms with Gasteiger partial charge < -0.3 is 5.73 Å². The largest absolute Gasteiger partial charge is 0.366 e. The van der Waals surface area contributed by atoms with E-state index in [1.54, 1.807) is 18.4 Å². The van der Waals surface area contributed by atoms with Crippen LogP contribution in [0.15, 0.2) is 41.1 Å². The molecule has 0 aromatic rings. The summed E-state index contributed by atoms with van der Waals surface area (Å²) in [4.78, 5) is 14.4. The molecule has 0 aromatic carbocycles. The Balaban J connectivity index is 4.06. The van der Waals surface area contributed by atoms with Gasteiger partial charge in [-0.2, -0.15) is 0 Å². The molecular formula is C11H16N2O. The summed E-state index contributed by atoms with van der Waals surface area (Å²) in [5.74, 6) is -0.443. The zero-order valence-corrected chi connectivity index (χ0v) is 8.60. The predicted molar refractivity (Wildman–Crippen MR) is 60.0 cm³/mol. The van der Waals surface area contributed by atoms with Crippen LogP contribution in [0.4, 0.5) is 0 Å². The summed E-state index contributed by atoms with van der Waals surface area (Å²) >= 11 is 0. The zero-order chi connectivity index (χ0) is 10.8. The van der Waals surface area contributed by atoms with E-state index in [9.17, 15) is 4.79 Å². The Morgan fingerprint density at radius 3 is 2.71 bits per heavy atom. The van der Waals surface area contributed by atoms with Crippen LogP contribution in [-0.2, 0) is 4.79 Å². The molecule has 14 heavy (non-hydrogen) atoms. The van der Waals surface area contributed by atoms with Crippen molar-refractivity contribution in [2.45, 2.75) is 20.3 Å². The third-order valence-electron chi connectivity index (χ3n) is 1.33. The number of hydrogen-bond acceptors (Lipinski definition) is 2. The fourth-order valence-corrected chi connectivity index (χ4v) is 0.677. The van der Waals surface area contributed by atoms with E-state index in [-0.39, 0.29) is 0 Å². The van der Waals surface area contributed by atoms with E-state index in [1.807, 2.05) is 26.1 Å². The van der Waals surface area contributed by atoms with Gasteiger partial charge in [0.05, 0.1) is 0 Å². The molecule has 0 atom stereocenters. The number of amides is 1. The van der Waals surface area contributed by atoms with Gasteiger partial charge >= 0.3 is 0 Å². The Hall–Kier alpha value is -1.64. The first-order valence-electron chi connectivity index (χ1n) is 4.49. The molecule has 0 saturated heterocycles. The molecular weight excluding hydrogens is 176 g/mol. The van der Waals surface area contributed by atoms with E-state index in [0.717, 1.165) is 12.0 Å².